The van der Waals surface area contributed by atoms with E-state index in [-0.39, 0.29) is 24.1 Å². The summed E-state index contributed by atoms with van der Waals surface area (Å²) in [5, 5.41) is 14.4. The Labute approximate surface area is 184 Å². The molecule has 3 amide bonds. The average molecular weight is 441 g/mol. The van der Waals surface area contributed by atoms with E-state index in [1.54, 1.807) is 24.3 Å². The summed E-state index contributed by atoms with van der Waals surface area (Å²) in [6.07, 6.45) is -1.55. The maximum Gasteiger partial charge on any atom is 0.229 e. The van der Waals surface area contributed by atoms with Crippen LogP contribution in [0.4, 0.5) is 15.8 Å². The number of anilines is 2. The van der Waals surface area contributed by atoms with Crippen LogP contribution in [-0.4, -0.2) is 36.8 Å². The number of amides is 3. The zero-order chi connectivity index (χ0) is 22.7. The number of carbonyl (C=O) groups excluding carboxylic acids is 3. The number of fused-ring (bicyclic) bond motifs is 1. The Bertz CT molecular complexity index is 998. The van der Waals surface area contributed by atoms with E-state index in [4.69, 9.17) is 4.74 Å². The van der Waals surface area contributed by atoms with Crippen LogP contribution in [0.25, 0.3) is 0 Å². The topological polar surface area (TPSA) is 121 Å². The number of piperidine rings is 1. The van der Waals surface area contributed by atoms with Gasteiger partial charge in [-0.25, -0.2) is 4.39 Å². The number of halogens is 1. The van der Waals surface area contributed by atoms with Gasteiger partial charge in [0, 0.05) is 17.8 Å². The van der Waals surface area contributed by atoms with E-state index in [0.29, 0.717) is 23.7 Å². The monoisotopic (exact) mass is 441 g/mol. The van der Waals surface area contributed by atoms with Gasteiger partial charge in [0.05, 0.1) is 24.6 Å². The zero-order valence-corrected chi connectivity index (χ0v) is 17.4. The molecule has 32 heavy (non-hydrogen) atoms. The highest BCUT2D eigenvalue weighted by Gasteiger charge is 2.48. The van der Waals surface area contributed by atoms with Gasteiger partial charge in [0.2, 0.25) is 17.7 Å². The first-order valence-electron chi connectivity index (χ1n) is 10.3. The lowest BCUT2D eigenvalue weighted by Gasteiger charge is -2.43. The summed E-state index contributed by atoms with van der Waals surface area (Å²) in [5.41, 5.74) is 1.12. The molecule has 0 aromatic heterocycles. The normalized spacial score (nSPS) is 24.6. The minimum atomic E-state index is -0.848. The molecule has 10 heteroatoms. The van der Waals surface area contributed by atoms with Crippen LogP contribution in [0.5, 0.6) is 5.75 Å². The summed E-state index contributed by atoms with van der Waals surface area (Å²) in [6.45, 7) is 2.41. The quantitative estimate of drug-likeness (QED) is 0.462. The molecule has 4 unspecified atom stereocenters. The average Bonchev–Trinajstić information content (AvgIpc) is 2.76. The van der Waals surface area contributed by atoms with Crippen molar-refractivity contribution in [3.05, 3.63) is 54.3 Å². The second kappa shape index (κ2) is 9.23. The lowest BCUT2D eigenvalue weighted by Crippen LogP contribution is -2.72. The number of hydrogen-bond donors (Lipinski definition) is 5. The van der Waals surface area contributed by atoms with Crippen LogP contribution in [0.15, 0.2) is 48.5 Å². The molecule has 4 atom stereocenters. The van der Waals surface area contributed by atoms with E-state index in [1.165, 1.54) is 24.3 Å². The fourth-order valence-corrected chi connectivity index (χ4v) is 3.90. The number of ether oxygens (including phenoxy) is 1. The Hall–Kier alpha value is -3.66. The molecule has 168 valence electrons. The smallest absolute Gasteiger partial charge is 0.229 e. The molecular weight excluding hydrogens is 417 g/mol. The highest BCUT2D eigenvalue weighted by molar-refractivity contribution is 6.00. The van der Waals surface area contributed by atoms with Gasteiger partial charge in [-0.15, -0.1) is 0 Å². The summed E-state index contributed by atoms with van der Waals surface area (Å²) in [5.74, 6) is -2.46. The first kappa shape index (κ1) is 21.6. The predicted octanol–water partition coefficient (Wildman–Crippen LogP) is 1.36. The van der Waals surface area contributed by atoms with E-state index in [2.05, 4.69) is 26.6 Å². The Morgan fingerprint density at radius 2 is 1.75 bits per heavy atom. The molecule has 0 spiro atoms. The molecule has 0 bridgehead atoms. The Kier molecular flexibility index (Phi) is 6.22. The molecule has 0 radical (unpaired) electrons. The SMILES string of the molecule is CCOc1ccc(NC(=O)C2CC(=O)NC3NC(Nc4ccc(F)cc4)NC(=O)C32)cc1. The van der Waals surface area contributed by atoms with Crippen molar-refractivity contribution in [2.24, 2.45) is 11.8 Å². The van der Waals surface area contributed by atoms with Crippen molar-refractivity contribution in [3.8, 4) is 5.75 Å². The molecule has 0 aliphatic carbocycles. The number of benzene rings is 2. The van der Waals surface area contributed by atoms with Crippen LogP contribution in [0.3, 0.4) is 0 Å². The number of carbonyl (C=O) groups is 3. The predicted molar refractivity (Wildman–Crippen MR) is 115 cm³/mol. The van der Waals surface area contributed by atoms with Gasteiger partial charge in [-0.2, -0.15) is 0 Å². The summed E-state index contributed by atoms with van der Waals surface area (Å²) < 4.78 is 18.5. The molecule has 5 N–H and O–H groups in total. The second-order valence-corrected chi connectivity index (χ2v) is 7.59. The Balaban J connectivity index is 1.44. The van der Waals surface area contributed by atoms with E-state index in [1.807, 2.05) is 6.92 Å². The molecule has 2 fully saturated rings. The van der Waals surface area contributed by atoms with Crippen molar-refractivity contribution >= 4 is 29.1 Å². The molecule has 2 aromatic rings. The van der Waals surface area contributed by atoms with E-state index < -0.39 is 30.2 Å². The molecule has 2 aromatic carbocycles. The fraction of sp³-hybridized carbons (Fsp3) is 0.318. The van der Waals surface area contributed by atoms with Crippen molar-refractivity contribution in [1.29, 1.82) is 0 Å². The van der Waals surface area contributed by atoms with Gasteiger partial charge in [-0.3, -0.25) is 19.7 Å². The first-order chi connectivity index (χ1) is 15.4. The fourth-order valence-electron chi connectivity index (χ4n) is 3.90. The maximum absolute atomic E-state index is 13.1. The minimum absolute atomic E-state index is 0.102. The lowest BCUT2D eigenvalue weighted by molar-refractivity contribution is -0.144. The maximum atomic E-state index is 13.1. The number of hydrogen-bond acceptors (Lipinski definition) is 6. The van der Waals surface area contributed by atoms with Gasteiger partial charge in [0.25, 0.3) is 0 Å². The van der Waals surface area contributed by atoms with Gasteiger partial charge in [-0.05, 0) is 55.5 Å². The molecule has 9 nitrogen and oxygen atoms in total. The summed E-state index contributed by atoms with van der Waals surface area (Å²) in [7, 11) is 0. The van der Waals surface area contributed by atoms with Crippen LogP contribution in [0.2, 0.25) is 0 Å². The van der Waals surface area contributed by atoms with Gasteiger partial charge in [0.15, 0.2) is 6.29 Å². The van der Waals surface area contributed by atoms with Crippen molar-refractivity contribution in [3.63, 3.8) is 0 Å². The molecule has 0 saturated carbocycles. The van der Waals surface area contributed by atoms with Gasteiger partial charge in [0.1, 0.15) is 11.6 Å². The second-order valence-electron chi connectivity index (χ2n) is 7.59. The van der Waals surface area contributed by atoms with E-state index in [0.717, 1.165) is 0 Å². The van der Waals surface area contributed by atoms with E-state index >= 15 is 0 Å². The van der Waals surface area contributed by atoms with Crippen molar-refractivity contribution < 1.29 is 23.5 Å². The molecule has 2 aliphatic rings. The van der Waals surface area contributed by atoms with Crippen LogP contribution in [0, 0.1) is 17.7 Å². The van der Waals surface area contributed by atoms with E-state index in [9.17, 15) is 18.8 Å². The van der Waals surface area contributed by atoms with Crippen molar-refractivity contribution in [1.82, 2.24) is 16.0 Å². The molecular formula is C22H24FN5O4. The molecule has 2 aliphatic heterocycles. The summed E-state index contributed by atoms with van der Waals surface area (Å²) in [4.78, 5) is 38.1. The third kappa shape index (κ3) is 4.80. The van der Waals surface area contributed by atoms with Gasteiger partial charge < -0.3 is 26.0 Å². The van der Waals surface area contributed by atoms with Crippen LogP contribution >= 0.6 is 0 Å². The third-order valence-electron chi connectivity index (χ3n) is 5.37. The highest BCUT2D eigenvalue weighted by Crippen LogP contribution is 2.28. The standard InChI is InChI=1S/C22H24FN5O4/c1-2-32-15-9-7-13(8-10-15)24-20(30)16-11-17(29)26-19-18(16)21(31)28-22(27-19)25-14-5-3-12(23)4-6-14/h3-10,16,18-19,22,25,27H,2,11H2,1H3,(H,24,30)(H,26,29)(H,28,31). The van der Waals surface area contributed by atoms with Gasteiger partial charge >= 0.3 is 0 Å². The van der Waals surface area contributed by atoms with Gasteiger partial charge in [-0.1, -0.05) is 0 Å². The largest absolute Gasteiger partial charge is 0.494 e. The molecule has 2 heterocycles. The minimum Gasteiger partial charge on any atom is -0.494 e. The van der Waals surface area contributed by atoms with Crippen LogP contribution in [0.1, 0.15) is 13.3 Å². The van der Waals surface area contributed by atoms with Crippen molar-refractivity contribution in [2.45, 2.75) is 25.8 Å². The summed E-state index contributed by atoms with van der Waals surface area (Å²) in [6, 6.07) is 12.5. The van der Waals surface area contributed by atoms with Crippen LogP contribution < -0.4 is 31.3 Å². The molecule has 4 rings (SSSR count). The number of rotatable bonds is 6. The Morgan fingerprint density at radius 1 is 1.06 bits per heavy atom. The first-order valence-corrected chi connectivity index (χ1v) is 10.3. The molecule has 2 saturated heterocycles. The van der Waals surface area contributed by atoms with Crippen LogP contribution in [-0.2, 0) is 14.4 Å². The lowest BCUT2D eigenvalue weighted by atomic mass is 9.81. The Morgan fingerprint density at radius 3 is 2.44 bits per heavy atom. The third-order valence-corrected chi connectivity index (χ3v) is 5.37. The zero-order valence-electron chi connectivity index (χ0n) is 17.4. The highest BCUT2D eigenvalue weighted by atomic mass is 19.1. The number of nitrogens with one attached hydrogen (secondary N) is 5. The summed E-state index contributed by atoms with van der Waals surface area (Å²) >= 11 is 0. The van der Waals surface area contributed by atoms with Crippen molar-refractivity contribution in [2.75, 3.05) is 17.2 Å².